The van der Waals surface area contributed by atoms with Gasteiger partial charge in [-0.1, -0.05) is 29.3 Å². The van der Waals surface area contributed by atoms with Crippen LogP contribution in [0.25, 0.3) is 0 Å². The number of ether oxygens (including phenoxy) is 1. The summed E-state index contributed by atoms with van der Waals surface area (Å²) in [5.74, 6) is 1.00. The number of hydrogen-bond acceptors (Lipinski definition) is 3. The van der Waals surface area contributed by atoms with E-state index < -0.39 is 0 Å². The van der Waals surface area contributed by atoms with Gasteiger partial charge in [-0.3, -0.25) is 4.79 Å². The van der Waals surface area contributed by atoms with Crippen LogP contribution in [-0.4, -0.2) is 12.5 Å². The van der Waals surface area contributed by atoms with Gasteiger partial charge in [0.1, 0.15) is 5.75 Å². The summed E-state index contributed by atoms with van der Waals surface area (Å²) in [7, 11) is 0. The molecule has 122 valence electrons. The van der Waals surface area contributed by atoms with Gasteiger partial charge in [0.15, 0.2) is 0 Å². The van der Waals surface area contributed by atoms with Gasteiger partial charge in [0.2, 0.25) is 5.91 Å². The van der Waals surface area contributed by atoms with Crippen molar-refractivity contribution in [3.05, 3.63) is 50.2 Å². The quantitative estimate of drug-likeness (QED) is 0.876. The second-order valence-electron chi connectivity index (χ2n) is 5.96. The van der Waals surface area contributed by atoms with Crippen LogP contribution in [0.3, 0.4) is 0 Å². The molecular weight excluding hydrogens is 330 g/mol. The third kappa shape index (κ3) is 3.88. The van der Waals surface area contributed by atoms with Gasteiger partial charge in [0.05, 0.1) is 17.0 Å². The summed E-state index contributed by atoms with van der Waals surface area (Å²) in [6.07, 6.45) is 2.02. The first kappa shape index (κ1) is 16.3. The molecule has 0 saturated heterocycles. The molecule has 0 saturated carbocycles. The van der Waals surface area contributed by atoms with Crippen molar-refractivity contribution < 1.29 is 9.53 Å². The van der Waals surface area contributed by atoms with Gasteiger partial charge >= 0.3 is 0 Å². The molecule has 0 radical (unpaired) electrons. The summed E-state index contributed by atoms with van der Waals surface area (Å²) in [6.45, 7) is 4.76. The molecule has 1 atom stereocenters. The monoisotopic (exact) mass is 349 g/mol. The highest BCUT2D eigenvalue weighted by Crippen LogP contribution is 2.35. The van der Waals surface area contributed by atoms with Gasteiger partial charge in [-0.2, -0.15) is 0 Å². The van der Waals surface area contributed by atoms with E-state index >= 15 is 0 Å². The van der Waals surface area contributed by atoms with Gasteiger partial charge in [-0.25, -0.2) is 0 Å². The van der Waals surface area contributed by atoms with Crippen LogP contribution in [0.15, 0.2) is 24.3 Å². The molecule has 2 heterocycles. The number of nitrogens with one attached hydrogen (secondary N) is 1. The molecule has 1 unspecified atom stereocenters. The maximum Gasteiger partial charge on any atom is 0.220 e. The molecule has 0 aliphatic carbocycles. The molecule has 2 aromatic rings. The standard InChI is InChI=1S/C18H20ClNO2S/c1-11-9-12(2)18-14(10-11)15(7-8-22-18)20-17(21)6-4-13-3-5-16(19)23-13/h3,5,9-10,15H,4,6-8H2,1-2H3,(H,20,21). The molecule has 3 nitrogen and oxygen atoms in total. The second-order valence-corrected chi connectivity index (χ2v) is 7.76. The van der Waals surface area contributed by atoms with Crippen molar-refractivity contribution in [3.63, 3.8) is 0 Å². The van der Waals surface area contributed by atoms with E-state index in [-0.39, 0.29) is 11.9 Å². The summed E-state index contributed by atoms with van der Waals surface area (Å²) in [6, 6.07) is 8.13. The Morgan fingerprint density at radius 1 is 1.39 bits per heavy atom. The molecule has 1 aliphatic rings. The van der Waals surface area contributed by atoms with Crippen LogP contribution < -0.4 is 10.1 Å². The number of aryl methyl sites for hydroxylation is 3. The third-order valence-electron chi connectivity index (χ3n) is 4.04. The van der Waals surface area contributed by atoms with Crippen LogP contribution in [0.5, 0.6) is 5.75 Å². The average molecular weight is 350 g/mol. The van der Waals surface area contributed by atoms with E-state index in [0.717, 1.165) is 38.9 Å². The molecule has 5 heteroatoms. The van der Waals surface area contributed by atoms with Gasteiger partial charge < -0.3 is 10.1 Å². The number of benzene rings is 1. The first-order chi connectivity index (χ1) is 11.0. The van der Waals surface area contributed by atoms with E-state index in [1.165, 1.54) is 16.9 Å². The number of halogens is 1. The van der Waals surface area contributed by atoms with Crippen molar-refractivity contribution in [2.75, 3.05) is 6.61 Å². The fraction of sp³-hybridized carbons (Fsp3) is 0.389. The average Bonchev–Trinajstić information content (AvgIpc) is 2.92. The summed E-state index contributed by atoms with van der Waals surface area (Å²) in [5, 5.41) is 3.16. The third-order valence-corrected chi connectivity index (χ3v) is 5.33. The Bertz CT molecular complexity index is 726. The van der Waals surface area contributed by atoms with Crippen LogP contribution in [0.4, 0.5) is 0 Å². The Morgan fingerprint density at radius 3 is 2.96 bits per heavy atom. The lowest BCUT2D eigenvalue weighted by atomic mass is 9.95. The Hall–Kier alpha value is -1.52. The van der Waals surface area contributed by atoms with E-state index in [4.69, 9.17) is 16.3 Å². The lowest BCUT2D eigenvalue weighted by Crippen LogP contribution is -2.32. The summed E-state index contributed by atoms with van der Waals surface area (Å²) in [5.41, 5.74) is 3.42. The zero-order chi connectivity index (χ0) is 16.4. The van der Waals surface area contributed by atoms with Crippen molar-refractivity contribution in [1.29, 1.82) is 0 Å². The van der Waals surface area contributed by atoms with Crippen LogP contribution >= 0.6 is 22.9 Å². The maximum absolute atomic E-state index is 12.3. The van der Waals surface area contributed by atoms with Crippen LogP contribution in [0.1, 0.15) is 40.5 Å². The Labute approximate surface area is 145 Å². The molecule has 3 rings (SSSR count). The molecule has 0 spiro atoms. The minimum Gasteiger partial charge on any atom is -0.493 e. The van der Waals surface area contributed by atoms with Crippen molar-refractivity contribution in [3.8, 4) is 5.75 Å². The second kappa shape index (κ2) is 6.93. The number of fused-ring (bicyclic) bond motifs is 1. The van der Waals surface area contributed by atoms with Crippen molar-refractivity contribution in [2.24, 2.45) is 0 Å². The van der Waals surface area contributed by atoms with Gasteiger partial charge in [0.25, 0.3) is 0 Å². The van der Waals surface area contributed by atoms with Gasteiger partial charge in [-0.05, 0) is 38.0 Å². The number of hydrogen-bond donors (Lipinski definition) is 1. The zero-order valence-electron chi connectivity index (χ0n) is 13.3. The molecule has 23 heavy (non-hydrogen) atoms. The number of carbonyl (C=O) groups is 1. The maximum atomic E-state index is 12.3. The number of carbonyl (C=O) groups excluding carboxylic acids is 1. The zero-order valence-corrected chi connectivity index (χ0v) is 14.9. The molecule has 1 N–H and O–H groups in total. The van der Waals surface area contributed by atoms with E-state index in [9.17, 15) is 4.79 Å². The van der Waals surface area contributed by atoms with E-state index in [1.54, 1.807) is 0 Å². The van der Waals surface area contributed by atoms with Crippen molar-refractivity contribution in [1.82, 2.24) is 5.32 Å². The van der Waals surface area contributed by atoms with Crippen LogP contribution in [-0.2, 0) is 11.2 Å². The molecule has 1 amide bonds. The van der Waals surface area contributed by atoms with Gasteiger partial charge in [0, 0.05) is 23.3 Å². The number of amides is 1. The first-order valence-electron chi connectivity index (χ1n) is 7.80. The topological polar surface area (TPSA) is 38.3 Å². The van der Waals surface area contributed by atoms with E-state index in [2.05, 4.69) is 31.3 Å². The molecule has 1 aliphatic heterocycles. The predicted octanol–water partition coefficient (Wildman–Crippen LogP) is 4.59. The highest BCUT2D eigenvalue weighted by Gasteiger charge is 2.24. The Balaban J connectivity index is 1.66. The summed E-state index contributed by atoms with van der Waals surface area (Å²) >= 11 is 7.45. The fourth-order valence-electron chi connectivity index (χ4n) is 3.02. The fourth-order valence-corrected chi connectivity index (χ4v) is 4.10. The van der Waals surface area contributed by atoms with Crippen LogP contribution in [0.2, 0.25) is 4.34 Å². The highest BCUT2D eigenvalue weighted by molar-refractivity contribution is 7.16. The number of rotatable bonds is 4. The molecule has 0 bridgehead atoms. The largest absolute Gasteiger partial charge is 0.493 e. The summed E-state index contributed by atoms with van der Waals surface area (Å²) < 4.78 is 6.56. The summed E-state index contributed by atoms with van der Waals surface area (Å²) in [4.78, 5) is 13.4. The smallest absolute Gasteiger partial charge is 0.220 e. The Morgan fingerprint density at radius 2 is 2.22 bits per heavy atom. The van der Waals surface area contributed by atoms with Crippen LogP contribution in [0, 0.1) is 13.8 Å². The molecule has 1 aromatic heterocycles. The molecule has 0 fully saturated rings. The first-order valence-corrected chi connectivity index (χ1v) is 9.00. The predicted molar refractivity (Wildman–Crippen MR) is 94.6 cm³/mol. The molecule has 1 aromatic carbocycles. The minimum atomic E-state index is 0.0387. The normalized spacial score (nSPS) is 16.6. The molecular formula is C18H20ClNO2S. The van der Waals surface area contributed by atoms with Crippen molar-refractivity contribution >= 4 is 28.8 Å². The SMILES string of the molecule is Cc1cc(C)c2c(c1)C(NC(=O)CCc1ccc(Cl)s1)CCO2. The lowest BCUT2D eigenvalue weighted by Gasteiger charge is -2.28. The Kier molecular flexibility index (Phi) is 4.93. The van der Waals surface area contributed by atoms with E-state index in [0.29, 0.717) is 13.0 Å². The minimum absolute atomic E-state index is 0.0387. The van der Waals surface area contributed by atoms with Crippen molar-refractivity contribution in [2.45, 2.75) is 39.2 Å². The number of thiophene rings is 1. The van der Waals surface area contributed by atoms with Gasteiger partial charge in [-0.15, -0.1) is 11.3 Å². The highest BCUT2D eigenvalue weighted by atomic mass is 35.5. The van der Waals surface area contributed by atoms with E-state index in [1.807, 2.05) is 12.1 Å². The lowest BCUT2D eigenvalue weighted by molar-refractivity contribution is -0.122.